The molecule has 5 nitrogen and oxygen atoms in total. The molecule has 6 heteroatoms. The molecule has 0 aromatic heterocycles. The van der Waals surface area contributed by atoms with E-state index in [2.05, 4.69) is 10.6 Å². The summed E-state index contributed by atoms with van der Waals surface area (Å²) in [7, 11) is 1.70. The Morgan fingerprint density at radius 1 is 0.893 bits per heavy atom. The highest BCUT2D eigenvalue weighted by Crippen LogP contribution is 2.19. The van der Waals surface area contributed by atoms with E-state index in [4.69, 9.17) is 11.6 Å². The summed E-state index contributed by atoms with van der Waals surface area (Å²) in [5.74, 6) is -0.141. The third-order valence-corrected chi connectivity index (χ3v) is 4.46. The molecule has 28 heavy (non-hydrogen) atoms. The molecule has 0 aliphatic carbocycles. The zero-order valence-corrected chi connectivity index (χ0v) is 16.1. The summed E-state index contributed by atoms with van der Waals surface area (Å²) < 4.78 is 0. The standard InChI is InChI=1S/C22H20ClN3O2/c1-26(21(27)17-7-9-18(23)10-8-17)20-13-11-19(12-14-20)25-22(28)24-15-16-5-3-2-4-6-16/h2-14H,15H2,1H3,(H2,24,25,28). The Balaban J connectivity index is 1.57. The van der Waals surface area contributed by atoms with Gasteiger partial charge in [0.15, 0.2) is 0 Å². The van der Waals surface area contributed by atoms with Crippen LogP contribution in [-0.2, 0) is 6.54 Å². The molecule has 3 aromatic carbocycles. The maximum atomic E-state index is 12.5. The minimum atomic E-state index is -0.290. The van der Waals surface area contributed by atoms with Crippen molar-refractivity contribution in [2.24, 2.45) is 0 Å². The van der Waals surface area contributed by atoms with E-state index in [-0.39, 0.29) is 11.9 Å². The van der Waals surface area contributed by atoms with Crippen molar-refractivity contribution in [1.82, 2.24) is 5.32 Å². The fourth-order valence-electron chi connectivity index (χ4n) is 2.63. The molecule has 3 rings (SSSR count). The first kappa shape index (κ1) is 19.5. The molecule has 0 saturated carbocycles. The maximum absolute atomic E-state index is 12.5. The normalized spacial score (nSPS) is 10.2. The van der Waals surface area contributed by atoms with Crippen LogP contribution in [0.2, 0.25) is 5.02 Å². The SMILES string of the molecule is CN(C(=O)c1ccc(Cl)cc1)c1ccc(NC(=O)NCc2ccccc2)cc1. The number of halogens is 1. The maximum Gasteiger partial charge on any atom is 0.319 e. The van der Waals surface area contributed by atoms with Crippen molar-refractivity contribution < 1.29 is 9.59 Å². The minimum absolute atomic E-state index is 0.141. The minimum Gasteiger partial charge on any atom is -0.334 e. The molecule has 3 amide bonds. The number of carbonyl (C=O) groups is 2. The predicted octanol–water partition coefficient (Wildman–Crippen LogP) is 4.94. The van der Waals surface area contributed by atoms with Crippen molar-refractivity contribution in [3.63, 3.8) is 0 Å². The second-order valence-corrected chi connectivity index (χ2v) is 6.65. The lowest BCUT2D eigenvalue weighted by Crippen LogP contribution is -2.28. The van der Waals surface area contributed by atoms with Gasteiger partial charge >= 0.3 is 6.03 Å². The van der Waals surface area contributed by atoms with E-state index in [1.54, 1.807) is 60.5 Å². The second kappa shape index (κ2) is 9.06. The molecule has 142 valence electrons. The number of rotatable bonds is 5. The fraction of sp³-hybridized carbons (Fsp3) is 0.0909. The first-order valence-electron chi connectivity index (χ1n) is 8.75. The molecule has 0 bridgehead atoms. The van der Waals surface area contributed by atoms with Gasteiger partial charge in [-0.1, -0.05) is 41.9 Å². The molecule has 0 radical (unpaired) electrons. The smallest absolute Gasteiger partial charge is 0.319 e. The molecule has 0 spiro atoms. The molecule has 0 saturated heterocycles. The quantitative estimate of drug-likeness (QED) is 0.645. The van der Waals surface area contributed by atoms with Gasteiger partial charge in [-0.15, -0.1) is 0 Å². The van der Waals surface area contributed by atoms with Crippen LogP contribution in [0.4, 0.5) is 16.2 Å². The molecule has 0 heterocycles. The van der Waals surface area contributed by atoms with Crippen LogP contribution >= 0.6 is 11.6 Å². The Hall–Kier alpha value is -3.31. The Labute approximate surface area is 168 Å². The number of hydrogen-bond donors (Lipinski definition) is 2. The highest BCUT2D eigenvalue weighted by atomic mass is 35.5. The Bertz CT molecular complexity index is 942. The van der Waals surface area contributed by atoms with E-state index >= 15 is 0 Å². The van der Waals surface area contributed by atoms with Crippen LogP contribution in [-0.4, -0.2) is 19.0 Å². The number of hydrogen-bond acceptors (Lipinski definition) is 2. The average molecular weight is 394 g/mol. The van der Waals surface area contributed by atoms with Gasteiger partial charge < -0.3 is 15.5 Å². The lowest BCUT2D eigenvalue weighted by Gasteiger charge is -2.18. The van der Waals surface area contributed by atoms with Gasteiger partial charge in [-0.2, -0.15) is 0 Å². The highest BCUT2D eigenvalue weighted by molar-refractivity contribution is 6.30. The van der Waals surface area contributed by atoms with E-state index in [1.165, 1.54) is 0 Å². The van der Waals surface area contributed by atoms with Gasteiger partial charge in [0.05, 0.1) is 0 Å². The summed E-state index contributed by atoms with van der Waals surface area (Å²) in [4.78, 5) is 26.1. The Morgan fingerprint density at radius 2 is 1.54 bits per heavy atom. The van der Waals surface area contributed by atoms with Gasteiger partial charge in [-0.25, -0.2) is 4.79 Å². The largest absolute Gasteiger partial charge is 0.334 e. The lowest BCUT2D eigenvalue weighted by molar-refractivity contribution is 0.0993. The van der Waals surface area contributed by atoms with Gasteiger partial charge in [0.25, 0.3) is 5.91 Å². The van der Waals surface area contributed by atoms with Crippen LogP contribution in [0.1, 0.15) is 15.9 Å². The molecule has 3 aromatic rings. The van der Waals surface area contributed by atoms with E-state index in [1.807, 2.05) is 30.3 Å². The van der Waals surface area contributed by atoms with E-state index in [9.17, 15) is 9.59 Å². The number of nitrogens with zero attached hydrogens (tertiary/aromatic N) is 1. The van der Waals surface area contributed by atoms with Gasteiger partial charge in [0, 0.05) is 35.6 Å². The summed E-state index contributed by atoms with van der Waals surface area (Å²) in [6.45, 7) is 0.448. The lowest BCUT2D eigenvalue weighted by atomic mass is 10.2. The molecule has 0 fully saturated rings. The van der Waals surface area contributed by atoms with Gasteiger partial charge in [0.2, 0.25) is 0 Å². The van der Waals surface area contributed by atoms with Crippen molar-refractivity contribution >= 4 is 34.9 Å². The second-order valence-electron chi connectivity index (χ2n) is 6.21. The molecule has 0 aliphatic heterocycles. The van der Waals surface area contributed by atoms with Crippen LogP contribution in [0.3, 0.4) is 0 Å². The summed E-state index contributed by atoms with van der Waals surface area (Å²) in [5, 5.41) is 6.16. The number of urea groups is 1. The summed E-state index contributed by atoms with van der Waals surface area (Å²) in [5.41, 5.74) is 2.93. The predicted molar refractivity (Wildman–Crippen MR) is 113 cm³/mol. The van der Waals surface area contributed by atoms with Crippen LogP contribution < -0.4 is 15.5 Å². The average Bonchev–Trinajstić information content (AvgIpc) is 2.73. The van der Waals surface area contributed by atoms with Crippen molar-refractivity contribution in [3.05, 3.63) is 95.0 Å². The number of carbonyl (C=O) groups excluding carboxylic acids is 2. The van der Waals surface area contributed by atoms with E-state index in [0.717, 1.165) is 11.3 Å². The zero-order valence-electron chi connectivity index (χ0n) is 15.4. The molecule has 2 N–H and O–H groups in total. The first-order valence-corrected chi connectivity index (χ1v) is 9.13. The molecule has 0 atom stereocenters. The summed E-state index contributed by atoms with van der Waals surface area (Å²) in [6, 6.07) is 23.2. The Kier molecular flexibility index (Phi) is 6.29. The van der Waals surface area contributed by atoms with Crippen molar-refractivity contribution in [1.29, 1.82) is 0 Å². The first-order chi connectivity index (χ1) is 13.5. The fourth-order valence-corrected chi connectivity index (χ4v) is 2.75. The van der Waals surface area contributed by atoms with Crippen LogP contribution in [0.15, 0.2) is 78.9 Å². The number of nitrogens with one attached hydrogen (secondary N) is 2. The zero-order chi connectivity index (χ0) is 19.9. The molecule has 0 aliphatic rings. The van der Waals surface area contributed by atoms with Crippen molar-refractivity contribution in [2.45, 2.75) is 6.54 Å². The topological polar surface area (TPSA) is 61.4 Å². The molecular formula is C22H20ClN3O2. The number of amides is 3. The summed E-state index contributed by atoms with van der Waals surface area (Å²) >= 11 is 5.86. The van der Waals surface area contributed by atoms with Gasteiger partial charge in [-0.05, 0) is 54.1 Å². The number of benzene rings is 3. The van der Waals surface area contributed by atoms with Crippen LogP contribution in [0.25, 0.3) is 0 Å². The van der Waals surface area contributed by atoms with Crippen LogP contribution in [0.5, 0.6) is 0 Å². The van der Waals surface area contributed by atoms with E-state index in [0.29, 0.717) is 22.8 Å². The third-order valence-electron chi connectivity index (χ3n) is 4.20. The highest BCUT2D eigenvalue weighted by Gasteiger charge is 2.13. The van der Waals surface area contributed by atoms with E-state index < -0.39 is 0 Å². The van der Waals surface area contributed by atoms with Gasteiger partial charge in [0.1, 0.15) is 0 Å². The number of anilines is 2. The summed E-state index contributed by atoms with van der Waals surface area (Å²) in [6.07, 6.45) is 0. The van der Waals surface area contributed by atoms with Crippen molar-refractivity contribution in [2.75, 3.05) is 17.3 Å². The van der Waals surface area contributed by atoms with Crippen LogP contribution in [0, 0.1) is 0 Å². The monoisotopic (exact) mass is 393 g/mol. The molecule has 0 unspecified atom stereocenters. The van der Waals surface area contributed by atoms with Crippen molar-refractivity contribution in [3.8, 4) is 0 Å². The Morgan fingerprint density at radius 3 is 2.18 bits per heavy atom. The van der Waals surface area contributed by atoms with Gasteiger partial charge in [-0.3, -0.25) is 4.79 Å². The molecular weight excluding hydrogens is 374 g/mol. The third kappa shape index (κ3) is 5.11.